The summed E-state index contributed by atoms with van der Waals surface area (Å²) >= 11 is 0. The van der Waals surface area contributed by atoms with Crippen molar-refractivity contribution in [3.8, 4) is 18.4 Å². The fourth-order valence-corrected chi connectivity index (χ4v) is 3.82. The van der Waals surface area contributed by atoms with Gasteiger partial charge in [-0.3, -0.25) is 4.79 Å². The maximum Gasteiger partial charge on any atom is 0.319 e. The highest BCUT2D eigenvalue weighted by molar-refractivity contribution is 5.69. The number of nitriles is 1. The first-order valence-electron chi connectivity index (χ1n) is 7.70. The first-order chi connectivity index (χ1) is 10.6. The molecule has 0 amide bonds. The van der Waals surface area contributed by atoms with Crippen molar-refractivity contribution in [2.45, 2.75) is 56.1 Å². The molecule has 1 aliphatic carbocycles. The van der Waals surface area contributed by atoms with Crippen LogP contribution in [0.5, 0.6) is 0 Å². The monoisotopic (exact) mass is 305 g/mol. The fourth-order valence-electron chi connectivity index (χ4n) is 3.82. The second kappa shape index (κ2) is 7.11. The van der Waals surface area contributed by atoms with Gasteiger partial charge >= 0.3 is 5.97 Å². The average Bonchev–Trinajstić information content (AvgIpc) is 3.11. The number of methoxy groups -OCH3 is 1. The molecule has 6 nitrogen and oxygen atoms in total. The van der Waals surface area contributed by atoms with E-state index in [0.29, 0.717) is 19.4 Å². The molecule has 2 fully saturated rings. The van der Waals surface area contributed by atoms with Gasteiger partial charge in [0.1, 0.15) is 12.6 Å². The van der Waals surface area contributed by atoms with Crippen LogP contribution >= 0.6 is 0 Å². The number of ether oxygens (including phenoxy) is 1. The third-order valence-electron chi connectivity index (χ3n) is 4.75. The SMILES string of the molecule is C#CC1CCC(C#N)N1N(CC(=O)O)C1(COC)CCCC1. The lowest BCUT2D eigenvalue weighted by Gasteiger charge is -2.47. The highest BCUT2D eigenvalue weighted by Gasteiger charge is 2.48. The lowest BCUT2D eigenvalue weighted by atomic mass is 9.97. The molecule has 2 unspecified atom stereocenters. The van der Waals surface area contributed by atoms with Gasteiger partial charge in [-0.05, 0) is 25.7 Å². The van der Waals surface area contributed by atoms with Crippen molar-refractivity contribution < 1.29 is 14.6 Å². The van der Waals surface area contributed by atoms with Crippen LogP contribution in [0, 0.1) is 23.7 Å². The maximum atomic E-state index is 11.4. The van der Waals surface area contributed by atoms with Gasteiger partial charge in [-0.15, -0.1) is 6.42 Å². The third-order valence-corrected chi connectivity index (χ3v) is 4.75. The molecule has 2 atom stereocenters. The molecule has 0 spiro atoms. The van der Waals surface area contributed by atoms with Crippen molar-refractivity contribution in [3.05, 3.63) is 0 Å². The molecule has 120 valence electrons. The van der Waals surface area contributed by atoms with Crippen molar-refractivity contribution in [2.75, 3.05) is 20.3 Å². The van der Waals surface area contributed by atoms with Gasteiger partial charge in [0, 0.05) is 7.11 Å². The smallest absolute Gasteiger partial charge is 0.319 e. The molecule has 1 saturated heterocycles. The van der Waals surface area contributed by atoms with Gasteiger partial charge in [-0.25, -0.2) is 10.0 Å². The molecule has 0 aromatic carbocycles. The molecule has 0 radical (unpaired) electrons. The molecule has 0 aromatic heterocycles. The first kappa shape index (κ1) is 16.8. The maximum absolute atomic E-state index is 11.4. The Morgan fingerprint density at radius 1 is 1.45 bits per heavy atom. The van der Waals surface area contributed by atoms with Gasteiger partial charge in [0.2, 0.25) is 0 Å². The van der Waals surface area contributed by atoms with Gasteiger partial charge < -0.3 is 9.84 Å². The summed E-state index contributed by atoms with van der Waals surface area (Å²) in [5, 5.41) is 22.4. The van der Waals surface area contributed by atoms with Crippen LogP contribution in [0.3, 0.4) is 0 Å². The normalized spacial score (nSPS) is 27.6. The lowest BCUT2D eigenvalue weighted by Crippen LogP contribution is -2.62. The Bertz CT molecular complexity index is 466. The average molecular weight is 305 g/mol. The van der Waals surface area contributed by atoms with Crippen molar-refractivity contribution >= 4 is 5.97 Å². The van der Waals surface area contributed by atoms with Crippen LogP contribution in [0.25, 0.3) is 0 Å². The molecule has 1 N–H and O–H groups in total. The number of aliphatic carboxylic acids is 1. The fraction of sp³-hybridized carbons (Fsp3) is 0.750. The lowest BCUT2D eigenvalue weighted by molar-refractivity contribution is -0.166. The summed E-state index contributed by atoms with van der Waals surface area (Å²) in [7, 11) is 1.63. The highest BCUT2D eigenvalue weighted by Crippen LogP contribution is 2.39. The number of hydrazine groups is 1. The molecule has 22 heavy (non-hydrogen) atoms. The second-order valence-corrected chi connectivity index (χ2v) is 6.10. The first-order valence-corrected chi connectivity index (χ1v) is 7.70. The Kier molecular flexibility index (Phi) is 5.42. The number of hydrogen-bond donors (Lipinski definition) is 1. The highest BCUT2D eigenvalue weighted by atomic mass is 16.5. The van der Waals surface area contributed by atoms with Crippen molar-refractivity contribution in [1.29, 1.82) is 5.26 Å². The minimum absolute atomic E-state index is 0.153. The quantitative estimate of drug-likeness (QED) is 0.744. The number of carboxylic acids is 1. The minimum Gasteiger partial charge on any atom is -0.480 e. The molecule has 0 aromatic rings. The van der Waals surface area contributed by atoms with Crippen LogP contribution in [-0.2, 0) is 9.53 Å². The molecule has 1 aliphatic heterocycles. The van der Waals surface area contributed by atoms with E-state index in [2.05, 4.69) is 12.0 Å². The van der Waals surface area contributed by atoms with E-state index in [9.17, 15) is 15.2 Å². The predicted octanol–water partition coefficient (Wildman–Crippen LogP) is 1.24. The molecular weight excluding hydrogens is 282 g/mol. The zero-order chi connectivity index (χ0) is 16.2. The van der Waals surface area contributed by atoms with E-state index in [1.165, 1.54) is 0 Å². The van der Waals surface area contributed by atoms with Gasteiger partial charge in [0.05, 0.1) is 24.3 Å². The van der Waals surface area contributed by atoms with E-state index in [4.69, 9.17) is 11.2 Å². The zero-order valence-electron chi connectivity index (χ0n) is 13.0. The van der Waals surface area contributed by atoms with Gasteiger partial charge in [0.15, 0.2) is 0 Å². The van der Waals surface area contributed by atoms with Crippen LogP contribution < -0.4 is 0 Å². The van der Waals surface area contributed by atoms with Gasteiger partial charge in [0.25, 0.3) is 0 Å². The molecule has 6 heteroatoms. The number of nitrogens with zero attached hydrogens (tertiary/aromatic N) is 3. The number of carboxylic acid groups (broad SMARTS) is 1. The largest absolute Gasteiger partial charge is 0.480 e. The van der Waals surface area contributed by atoms with Crippen molar-refractivity contribution in [2.24, 2.45) is 0 Å². The summed E-state index contributed by atoms with van der Waals surface area (Å²) in [6.45, 7) is 0.298. The molecule has 2 aliphatic rings. The Morgan fingerprint density at radius 3 is 2.59 bits per heavy atom. The van der Waals surface area contributed by atoms with Crippen molar-refractivity contribution in [3.63, 3.8) is 0 Å². The number of carbonyl (C=O) groups is 1. The standard InChI is InChI=1S/C16H23N3O3/c1-3-13-6-7-14(10-17)19(13)18(11-15(20)21)16(12-22-2)8-4-5-9-16/h1,13-14H,4-9,11-12H2,2H3,(H,20,21). The predicted molar refractivity (Wildman–Crippen MR) is 80.5 cm³/mol. The molecule has 2 rings (SSSR count). The van der Waals surface area contributed by atoms with E-state index in [1.54, 1.807) is 7.11 Å². The molecule has 0 bridgehead atoms. The molecule has 1 heterocycles. The molecular formula is C16H23N3O3. The Hall–Kier alpha value is -1.60. The van der Waals surface area contributed by atoms with E-state index in [-0.39, 0.29) is 24.2 Å². The van der Waals surface area contributed by atoms with E-state index in [1.807, 2.05) is 10.0 Å². The summed E-state index contributed by atoms with van der Waals surface area (Å²) in [6, 6.07) is 1.68. The summed E-state index contributed by atoms with van der Waals surface area (Å²) in [6.07, 6.45) is 10.8. The van der Waals surface area contributed by atoms with E-state index in [0.717, 1.165) is 25.7 Å². The van der Waals surface area contributed by atoms with E-state index < -0.39 is 5.97 Å². The topological polar surface area (TPSA) is 76.8 Å². The number of terminal acetylenes is 1. The van der Waals surface area contributed by atoms with Gasteiger partial charge in [-0.1, -0.05) is 18.8 Å². The van der Waals surface area contributed by atoms with Crippen LogP contribution in [-0.4, -0.2) is 59.0 Å². The van der Waals surface area contributed by atoms with Gasteiger partial charge in [-0.2, -0.15) is 5.26 Å². The second-order valence-electron chi connectivity index (χ2n) is 6.10. The summed E-state index contributed by atoms with van der Waals surface area (Å²) in [5.74, 6) is 1.80. The Labute approximate surface area is 131 Å². The van der Waals surface area contributed by atoms with Crippen LogP contribution in [0.2, 0.25) is 0 Å². The number of hydrogen-bond acceptors (Lipinski definition) is 5. The van der Waals surface area contributed by atoms with Crippen LogP contribution in [0.15, 0.2) is 0 Å². The summed E-state index contributed by atoms with van der Waals surface area (Å²) in [4.78, 5) is 11.4. The van der Waals surface area contributed by atoms with Crippen LogP contribution in [0.1, 0.15) is 38.5 Å². The summed E-state index contributed by atoms with van der Waals surface area (Å²) in [5.41, 5.74) is -0.373. The molecule has 1 saturated carbocycles. The Balaban J connectivity index is 2.38. The summed E-state index contributed by atoms with van der Waals surface area (Å²) < 4.78 is 5.39. The van der Waals surface area contributed by atoms with Crippen molar-refractivity contribution in [1.82, 2.24) is 10.0 Å². The number of rotatable bonds is 6. The van der Waals surface area contributed by atoms with E-state index >= 15 is 0 Å². The zero-order valence-corrected chi connectivity index (χ0v) is 13.0. The Morgan fingerprint density at radius 2 is 2.09 bits per heavy atom. The minimum atomic E-state index is -0.915. The third kappa shape index (κ3) is 3.10. The van der Waals surface area contributed by atoms with Crippen LogP contribution in [0.4, 0.5) is 0 Å².